The molecule has 2 N–H and O–H groups in total. The minimum atomic E-state index is -1.26. The number of likely N-dealkylation sites (N-methyl/N-ethyl adjacent to an activating group) is 1. The maximum Gasteiger partial charge on any atom is 0.328 e. The summed E-state index contributed by atoms with van der Waals surface area (Å²) in [4.78, 5) is 31.9. The second kappa shape index (κ2) is 13.6. The van der Waals surface area contributed by atoms with E-state index in [-0.39, 0.29) is 0 Å². The SMILES string of the molecule is CN1CCN(CCCCN2c3ccccc3Sc3ccc(N=[N+]=[N-])cc32)CC1.O=C(O)/C=C/C(=O)O. The van der Waals surface area contributed by atoms with Crippen LogP contribution in [0.3, 0.4) is 0 Å². The highest BCUT2D eigenvalue weighted by Gasteiger charge is 2.23. The zero-order chi connectivity index (χ0) is 25.9. The fourth-order valence-corrected chi connectivity index (χ4v) is 5.07. The second-order valence-corrected chi connectivity index (χ2v) is 9.51. The summed E-state index contributed by atoms with van der Waals surface area (Å²) in [6.45, 7) is 6.84. The molecule has 0 atom stereocenters. The number of benzene rings is 2. The van der Waals surface area contributed by atoms with Crippen LogP contribution >= 0.6 is 11.8 Å². The van der Waals surface area contributed by atoms with Gasteiger partial charge in [-0.25, -0.2) is 9.59 Å². The molecule has 11 heteroatoms. The molecule has 2 aliphatic rings. The number of hydrogen-bond donors (Lipinski definition) is 2. The summed E-state index contributed by atoms with van der Waals surface area (Å²) in [6, 6.07) is 14.5. The molecule has 1 saturated heterocycles. The van der Waals surface area contributed by atoms with Crippen molar-refractivity contribution < 1.29 is 19.8 Å². The normalized spacial score (nSPS) is 15.3. The molecule has 2 heterocycles. The number of unbranched alkanes of at least 4 members (excludes halogenated alkanes) is 1. The van der Waals surface area contributed by atoms with Crippen molar-refractivity contribution in [3.63, 3.8) is 0 Å². The Morgan fingerprint density at radius 1 is 0.972 bits per heavy atom. The van der Waals surface area contributed by atoms with Gasteiger partial charge in [0, 0.05) is 65.3 Å². The van der Waals surface area contributed by atoms with Gasteiger partial charge in [0.1, 0.15) is 0 Å². The monoisotopic (exact) mass is 510 g/mol. The van der Waals surface area contributed by atoms with E-state index in [9.17, 15) is 9.59 Å². The lowest BCUT2D eigenvalue weighted by molar-refractivity contribution is -0.134. The van der Waals surface area contributed by atoms with Crippen LogP contribution in [0.4, 0.5) is 17.1 Å². The van der Waals surface area contributed by atoms with Gasteiger partial charge >= 0.3 is 11.9 Å². The third-order valence-corrected chi connectivity index (χ3v) is 6.97. The van der Waals surface area contributed by atoms with E-state index in [4.69, 9.17) is 15.7 Å². The van der Waals surface area contributed by atoms with Gasteiger partial charge in [0.05, 0.1) is 11.4 Å². The molecule has 0 radical (unpaired) electrons. The number of para-hydroxylation sites is 1. The number of carboxylic acids is 2. The second-order valence-electron chi connectivity index (χ2n) is 8.42. The number of rotatable bonds is 8. The minimum Gasteiger partial charge on any atom is -0.478 e. The van der Waals surface area contributed by atoms with Gasteiger partial charge in [0.15, 0.2) is 0 Å². The van der Waals surface area contributed by atoms with E-state index in [1.807, 2.05) is 12.1 Å². The van der Waals surface area contributed by atoms with E-state index in [0.29, 0.717) is 17.8 Å². The van der Waals surface area contributed by atoms with Gasteiger partial charge in [-0.3, -0.25) is 0 Å². The highest BCUT2D eigenvalue weighted by molar-refractivity contribution is 7.99. The lowest BCUT2D eigenvalue weighted by Crippen LogP contribution is -2.44. The van der Waals surface area contributed by atoms with Crippen molar-refractivity contribution in [2.75, 3.05) is 51.2 Å². The molecular weight excluding hydrogens is 480 g/mol. The Morgan fingerprint density at radius 3 is 2.28 bits per heavy atom. The van der Waals surface area contributed by atoms with Crippen LogP contribution in [0.1, 0.15) is 12.8 Å². The quantitative estimate of drug-likeness (QED) is 0.167. The number of anilines is 2. The Balaban J connectivity index is 0.000000392. The topological polar surface area (TPSA) is 133 Å². The predicted molar refractivity (Wildman–Crippen MR) is 140 cm³/mol. The third-order valence-electron chi connectivity index (χ3n) is 5.84. The lowest BCUT2D eigenvalue weighted by atomic mass is 10.1. The maximum absolute atomic E-state index is 9.55. The molecule has 0 spiro atoms. The molecule has 0 amide bonds. The van der Waals surface area contributed by atoms with Crippen LogP contribution in [-0.2, 0) is 9.59 Å². The highest BCUT2D eigenvalue weighted by Crippen LogP contribution is 2.49. The summed E-state index contributed by atoms with van der Waals surface area (Å²) < 4.78 is 0. The van der Waals surface area contributed by atoms with Gasteiger partial charge in [0.25, 0.3) is 0 Å². The van der Waals surface area contributed by atoms with Crippen LogP contribution in [0.5, 0.6) is 0 Å². The van der Waals surface area contributed by atoms with Crippen LogP contribution in [-0.4, -0.2) is 78.3 Å². The zero-order valence-electron chi connectivity index (χ0n) is 20.2. The van der Waals surface area contributed by atoms with E-state index in [1.165, 1.54) is 54.6 Å². The standard InChI is InChI=1S/C21H26N6S.C4H4O4/c1-25-12-14-26(15-13-25)10-4-5-11-27-18-6-2-3-7-20(18)28-21-9-8-17(23-24-22)16-19(21)27;5-3(6)1-2-4(7)8/h2-3,6-9,16H,4-5,10-15H2,1H3;1-2H,(H,5,6)(H,7,8)/b;2-1+. The largest absolute Gasteiger partial charge is 0.478 e. The first-order valence-electron chi connectivity index (χ1n) is 11.7. The molecular formula is C25H30N6O4S. The first-order valence-corrected chi connectivity index (χ1v) is 12.5. The van der Waals surface area contributed by atoms with Gasteiger partial charge in [-0.05, 0) is 56.2 Å². The van der Waals surface area contributed by atoms with Gasteiger partial charge in [0.2, 0.25) is 0 Å². The van der Waals surface area contributed by atoms with Crippen molar-refractivity contribution in [2.24, 2.45) is 5.11 Å². The maximum atomic E-state index is 9.55. The minimum absolute atomic E-state index is 0.558. The molecule has 4 rings (SSSR count). The average Bonchev–Trinajstić information content (AvgIpc) is 2.86. The first-order chi connectivity index (χ1) is 17.4. The van der Waals surface area contributed by atoms with Crippen molar-refractivity contribution in [2.45, 2.75) is 22.6 Å². The Labute approximate surface area is 214 Å². The van der Waals surface area contributed by atoms with Crippen LogP contribution in [0.2, 0.25) is 0 Å². The number of piperazine rings is 1. The molecule has 0 bridgehead atoms. The average molecular weight is 511 g/mol. The number of carbonyl (C=O) groups is 2. The number of carboxylic acid groups (broad SMARTS) is 2. The first kappa shape index (κ1) is 27.1. The summed E-state index contributed by atoms with van der Waals surface area (Å²) in [5, 5.41) is 19.4. The van der Waals surface area contributed by atoms with Gasteiger partial charge in [-0.1, -0.05) is 35.1 Å². The van der Waals surface area contributed by atoms with E-state index in [0.717, 1.165) is 18.7 Å². The number of hydrogen-bond acceptors (Lipinski definition) is 7. The van der Waals surface area contributed by atoms with E-state index in [1.54, 1.807) is 11.8 Å². The van der Waals surface area contributed by atoms with Crippen LogP contribution < -0.4 is 4.90 Å². The summed E-state index contributed by atoms with van der Waals surface area (Å²) >= 11 is 1.79. The van der Waals surface area contributed by atoms with Gasteiger partial charge in [-0.2, -0.15) is 0 Å². The summed E-state index contributed by atoms with van der Waals surface area (Å²) in [5.41, 5.74) is 11.9. The Hall–Kier alpha value is -3.50. The van der Waals surface area contributed by atoms with Crippen molar-refractivity contribution >= 4 is 40.8 Å². The van der Waals surface area contributed by atoms with E-state index >= 15 is 0 Å². The molecule has 190 valence electrons. The van der Waals surface area contributed by atoms with E-state index in [2.05, 4.69) is 62.1 Å². The number of nitrogens with zero attached hydrogens (tertiary/aromatic N) is 6. The van der Waals surface area contributed by atoms with Crippen molar-refractivity contribution in [3.05, 3.63) is 65.1 Å². The molecule has 2 aromatic carbocycles. The molecule has 0 unspecified atom stereocenters. The number of azide groups is 1. The Morgan fingerprint density at radius 2 is 1.61 bits per heavy atom. The lowest BCUT2D eigenvalue weighted by Gasteiger charge is -2.34. The molecule has 1 fully saturated rings. The van der Waals surface area contributed by atoms with Crippen molar-refractivity contribution in [3.8, 4) is 0 Å². The van der Waals surface area contributed by atoms with Gasteiger partial charge < -0.3 is 24.9 Å². The number of aliphatic carboxylic acids is 2. The molecule has 0 aromatic heterocycles. The molecule has 0 saturated carbocycles. The smallest absolute Gasteiger partial charge is 0.328 e. The molecule has 10 nitrogen and oxygen atoms in total. The van der Waals surface area contributed by atoms with Crippen LogP contribution in [0.25, 0.3) is 10.4 Å². The Kier molecular flexibility index (Phi) is 10.2. The fraction of sp³-hybridized carbons (Fsp3) is 0.360. The van der Waals surface area contributed by atoms with Gasteiger partial charge in [-0.15, -0.1) is 0 Å². The highest BCUT2D eigenvalue weighted by atomic mass is 32.2. The molecule has 2 aliphatic heterocycles. The number of fused-ring (bicyclic) bond motifs is 2. The summed E-state index contributed by atoms with van der Waals surface area (Å²) in [6.07, 6.45) is 3.45. The van der Waals surface area contributed by atoms with E-state index < -0.39 is 11.9 Å². The van der Waals surface area contributed by atoms with Crippen LogP contribution in [0.15, 0.2) is 69.5 Å². The summed E-state index contributed by atoms with van der Waals surface area (Å²) in [7, 11) is 2.20. The summed E-state index contributed by atoms with van der Waals surface area (Å²) in [5.74, 6) is -2.51. The molecule has 2 aromatic rings. The molecule has 36 heavy (non-hydrogen) atoms. The van der Waals surface area contributed by atoms with Crippen LogP contribution in [0, 0.1) is 0 Å². The fourth-order valence-electron chi connectivity index (χ4n) is 3.99. The predicted octanol–water partition coefficient (Wildman–Crippen LogP) is 4.97. The zero-order valence-corrected chi connectivity index (χ0v) is 21.0. The van der Waals surface area contributed by atoms with Crippen molar-refractivity contribution in [1.82, 2.24) is 9.80 Å². The van der Waals surface area contributed by atoms with Crippen molar-refractivity contribution in [1.29, 1.82) is 0 Å². The molecule has 0 aliphatic carbocycles. The third kappa shape index (κ3) is 8.03. The Bertz CT molecular complexity index is 1130.